The second-order valence-electron chi connectivity index (χ2n) is 9.40. The standard InChI is InChI=1S/C21H10F3N2Se.C13H24O2.Ir/c22-21(23,24)18-14-7-3-1-5-12(14)9-15-19(25-11-26-20(15)18)17-10-13-6-2-4-8-16(13)27-17;1-5-10(6-2)12(14)9-13(15)11(7-3)8-4;/h1-9,11H;9-11,14H,5-8H2,1-4H3;/q-1;;/b;12-9-;/i1D,2D,3D,4D,5D,6D,7D,8D,9D,11D;;. The molecule has 0 amide bonds. The maximum absolute atomic E-state index is 14.4. The summed E-state index contributed by atoms with van der Waals surface area (Å²) in [6, 6.07) is -3.31. The Morgan fingerprint density at radius 1 is 0.977 bits per heavy atom. The number of aromatic nitrogens is 2. The van der Waals surface area contributed by atoms with Crippen molar-refractivity contribution in [3.63, 3.8) is 0 Å². The predicted molar refractivity (Wildman–Crippen MR) is 165 cm³/mol. The van der Waals surface area contributed by atoms with Crippen LogP contribution in [0.25, 0.3) is 41.5 Å². The van der Waals surface area contributed by atoms with Crippen molar-refractivity contribution in [1.29, 1.82) is 0 Å². The molecule has 0 saturated carbocycles. The number of hydrogen-bond donors (Lipinski definition) is 1. The van der Waals surface area contributed by atoms with Crippen molar-refractivity contribution in [2.24, 2.45) is 11.8 Å². The Balaban J connectivity index is 0.000000403. The molecule has 5 aromatic rings. The predicted octanol–water partition coefficient (Wildman–Crippen LogP) is 9.35. The third-order valence-corrected chi connectivity index (χ3v) is 9.02. The van der Waals surface area contributed by atoms with Crippen LogP contribution in [-0.4, -0.2) is 35.4 Å². The van der Waals surface area contributed by atoms with E-state index in [1.165, 1.54) is 6.08 Å². The molecule has 0 unspecified atom stereocenters. The molecule has 0 fully saturated rings. The SMILES string of the molecule is CCC(CC)C(=O)/C=C(\O)C(CC)CC.[2H]c1nc(-c2[c-]c3c([2H])c([2H])c([2H])c([2H])c3[se]2)c2c([2H])c3c([2H])c([2H])c([2H])c([2H])c3c(C(F)(F)F)c2n1.[Ir]. The van der Waals surface area contributed by atoms with Gasteiger partial charge in [-0.2, -0.15) is 0 Å². The molecule has 5 rings (SSSR count). The smallest absolute Gasteiger partial charge is 0 e. The van der Waals surface area contributed by atoms with Crippen LogP contribution in [-0.2, 0) is 31.1 Å². The third-order valence-electron chi connectivity index (χ3n) is 6.90. The molecule has 0 spiro atoms. The number of carbonyl (C=O) groups excluding carboxylic acids is 1. The molecule has 0 aliphatic carbocycles. The van der Waals surface area contributed by atoms with Gasteiger partial charge in [0, 0.05) is 38.0 Å². The molecule has 1 radical (unpaired) electrons. The molecule has 0 saturated heterocycles. The zero-order chi connectivity index (χ0) is 39.1. The van der Waals surface area contributed by atoms with Gasteiger partial charge >= 0.3 is 171 Å². The third kappa shape index (κ3) is 7.82. The Hall–Kier alpha value is -2.83. The Morgan fingerprint density at radius 2 is 1.60 bits per heavy atom. The molecule has 1 N–H and O–H groups in total. The molecule has 0 aliphatic rings. The van der Waals surface area contributed by atoms with E-state index in [2.05, 4.69) is 16.0 Å². The molecule has 2 heterocycles. The van der Waals surface area contributed by atoms with Crippen molar-refractivity contribution in [1.82, 2.24) is 9.97 Å². The maximum atomic E-state index is 14.4. The average molecular weight is 841 g/mol. The van der Waals surface area contributed by atoms with Crippen molar-refractivity contribution in [2.75, 3.05) is 0 Å². The van der Waals surface area contributed by atoms with Gasteiger partial charge in [-0.1, -0.05) is 27.7 Å². The topological polar surface area (TPSA) is 63.1 Å². The van der Waals surface area contributed by atoms with E-state index < -0.39 is 103 Å². The van der Waals surface area contributed by atoms with Gasteiger partial charge < -0.3 is 5.11 Å². The molecular formula is C34H34F3IrN2O2Se-. The first-order chi connectivity index (χ1) is 24.3. The first kappa shape index (κ1) is 22.6. The zero-order valence-corrected chi connectivity index (χ0v) is 27.8. The molecule has 0 atom stereocenters. The van der Waals surface area contributed by atoms with Gasteiger partial charge in [-0.3, -0.25) is 4.79 Å². The molecule has 43 heavy (non-hydrogen) atoms. The van der Waals surface area contributed by atoms with Crippen molar-refractivity contribution in [3.05, 3.63) is 84.2 Å². The summed E-state index contributed by atoms with van der Waals surface area (Å²) in [7, 11) is 0. The number of ketones is 1. The van der Waals surface area contributed by atoms with E-state index in [0.29, 0.717) is 0 Å². The summed E-state index contributed by atoms with van der Waals surface area (Å²) in [6.07, 6.45) is -1.14. The van der Waals surface area contributed by atoms with Crippen LogP contribution in [0.1, 0.15) is 72.6 Å². The van der Waals surface area contributed by atoms with Gasteiger partial charge in [0.15, 0.2) is 5.78 Å². The fourth-order valence-corrected chi connectivity index (χ4v) is 6.42. The van der Waals surface area contributed by atoms with Gasteiger partial charge in [-0.15, -0.1) is 0 Å². The molecular weight excluding hydrogens is 797 g/mol. The van der Waals surface area contributed by atoms with Gasteiger partial charge in [0.2, 0.25) is 0 Å². The zero-order valence-electron chi connectivity index (χ0n) is 33.7. The minimum absolute atomic E-state index is 0. The van der Waals surface area contributed by atoms with E-state index in [9.17, 15) is 23.1 Å². The fraction of sp³-hybridized carbons (Fsp3) is 0.324. The van der Waals surface area contributed by atoms with E-state index in [0.717, 1.165) is 25.7 Å². The number of benzene rings is 3. The number of nitrogens with zero attached hydrogens (tertiary/aromatic N) is 2. The molecule has 0 bridgehead atoms. The summed E-state index contributed by atoms with van der Waals surface area (Å²) in [6.45, 7) is 8.07. The Labute approximate surface area is 283 Å². The van der Waals surface area contributed by atoms with Crippen LogP contribution in [0.15, 0.2) is 72.5 Å². The van der Waals surface area contributed by atoms with Gasteiger partial charge in [0.1, 0.15) is 0 Å². The molecule has 2 aromatic heterocycles. The maximum Gasteiger partial charge on any atom is 0 e. The summed E-state index contributed by atoms with van der Waals surface area (Å²) in [5.41, 5.74) is -2.76. The van der Waals surface area contributed by atoms with E-state index in [1.807, 2.05) is 27.7 Å². The number of aliphatic hydroxyl groups excluding tert-OH is 1. The molecule has 9 heteroatoms. The summed E-state index contributed by atoms with van der Waals surface area (Å²) in [5.74, 6) is 0.547. The van der Waals surface area contributed by atoms with Crippen molar-refractivity contribution in [2.45, 2.75) is 59.6 Å². The largest absolute Gasteiger partial charge is 0 e. The van der Waals surface area contributed by atoms with Crippen LogP contribution in [0.2, 0.25) is 0 Å². The number of carbonyl (C=O) groups is 1. The van der Waals surface area contributed by atoms with Gasteiger partial charge in [-0.25, -0.2) is 0 Å². The van der Waals surface area contributed by atoms with E-state index >= 15 is 0 Å². The Bertz CT molecular complexity index is 2210. The van der Waals surface area contributed by atoms with Crippen molar-refractivity contribution < 1.29 is 56.9 Å². The second kappa shape index (κ2) is 15.3. The Morgan fingerprint density at radius 3 is 2.26 bits per heavy atom. The minimum atomic E-state index is -5.19. The normalized spacial score (nSPS) is 15.3. The van der Waals surface area contributed by atoms with E-state index in [-0.39, 0.29) is 69.3 Å². The number of fused-ring (bicyclic) bond motifs is 3. The summed E-state index contributed by atoms with van der Waals surface area (Å²) >= 11 is -0.949. The number of hydrogen-bond acceptors (Lipinski definition) is 4. The van der Waals surface area contributed by atoms with Gasteiger partial charge in [-0.05, 0) is 25.7 Å². The first-order valence-corrected chi connectivity index (χ1v) is 15.1. The van der Waals surface area contributed by atoms with Gasteiger partial charge in [0.05, 0.1) is 5.76 Å². The van der Waals surface area contributed by atoms with Crippen LogP contribution < -0.4 is 0 Å². The Kier molecular flexibility index (Phi) is 8.03. The molecule has 3 aromatic carbocycles. The van der Waals surface area contributed by atoms with E-state index in [1.54, 1.807) is 0 Å². The van der Waals surface area contributed by atoms with Crippen molar-refractivity contribution >= 4 is 51.6 Å². The van der Waals surface area contributed by atoms with Crippen molar-refractivity contribution in [3.8, 4) is 10.1 Å². The molecule has 229 valence electrons. The number of alkyl halides is 3. The molecule has 4 nitrogen and oxygen atoms in total. The number of rotatable bonds is 8. The van der Waals surface area contributed by atoms with Crippen LogP contribution in [0, 0.1) is 17.9 Å². The van der Waals surface area contributed by atoms with Crippen LogP contribution in [0.4, 0.5) is 13.2 Å². The quantitative estimate of drug-likeness (QED) is 0.0557. The van der Waals surface area contributed by atoms with Crippen LogP contribution in [0.5, 0.6) is 0 Å². The summed E-state index contributed by atoms with van der Waals surface area (Å²) in [4.78, 5) is 19.3. The fourth-order valence-electron chi connectivity index (χ4n) is 4.52. The average Bonchev–Trinajstić information content (AvgIpc) is 3.54. The summed E-state index contributed by atoms with van der Waals surface area (Å²) in [5, 5.41) is 7.60. The number of allylic oxidation sites excluding steroid dienone is 2. The van der Waals surface area contributed by atoms with Gasteiger partial charge in [0.25, 0.3) is 0 Å². The van der Waals surface area contributed by atoms with E-state index in [4.69, 9.17) is 13.7 Å². The molecule has 0 aliphatic heterocycles. The minimum Gasteiger partial charge on any atom is 0 e. The second-order valence-corrected chi connectivity index (χ2v) is 11.5. The number of halogens is 3. The number of aliphatic hydroxyl groups is 1. The van der Waals surface area contributed by atoms with Crippen LogP contribution in [0.3, 0.4) is 0 Å². The van der Waals surface area contributed by atoms with Crippen LogP contribution >= 0.6 is 0 Å². The summed E-state index contributed by atoms with van der Waals surface area (Å²) < 4.78 is 124. The first-order valence-electron chi connectivity index (χ1n) is 18.4. The monoisotopic (exact) mass is 842 g/mol.